The van der Waals surface area contributed by atoms with Crippen molar-refractivity contribution in [2.75, 3.05) is 26.4 Å². The van der Waals surface area contributed by atoms with E-state index in [2.05, 4.69) is 31.3 Å². The predicted octanol–water partition coefficient (Wildman–Crippen LogP) is 13.0. The summed E-state index contributed by atoms with van der Waals surface area (Å²) in [6, 6.07) is -0.988. The molecule has 3 aliphatic rings. The molecule has 572 valence electrons. The highest BCUT2D eigenvalue weighted by atomic mass is 16.8. The molecule has 12 N–H and O–H groups in total. The molecule has 0 aliphatic carbocycles. The van der Waals surface area contributed by atoms with Crippen LogP contribution in [0.15, 0.2) is 24.3 Å². The number of aliphatic hydroxyl groups is 11. The SMILES string of the molecule is CCCCCCCCCCCCCCCCCCCCCCC/C=C/CC/C=C/C(O)C(COC1OC(CO)C(OC2OC(CO)C(OC3OC(CO)C(O)C(O)C3O)C(O)C2O)C(O)C1O)NC(=O)CCCCCCCCCCCCCCCCCCCCCCCCCCC. The molecule has 0 aromatic carbocycles. The van der Waals surface area contributed by atoms with Crippen LogP contribution < -0.4 is 5.32 Å². The Labute approximate surface area is 588 Å². The zero-order valence-electron chi connectivity index (χ0n) is 61.1. The van der Waals surface area contributed by atoms with Crippen LogP contribution in [-0.2, 0) is 33.2 Å². The molecule has 97 heavy (non-hydrogen) atoms. The number of hydrogen-bond acceptors (Lipinski definition) is 18. The highest BCUT2D eigenvalue weighted by Crippen LogP contribution is 2.33. The van der Waals surface area contributed by atoms with Crippen molar-refractivity contribution in [2.24, 2.45) is 0 Å². The molecule has 3 rings (SSSR count). The number of allylic oxidation sites excluding steroid dienone is 3. The average Bonchev–Trinajstić information content (AvgIpc) is 0.789. The zero-order valence-corrected chi connectivity index (χ0v) is 61.1. The average molecular weight is 1390 g/mol. The van der Waals surface area contributed by atoms with Gasteiger partial charge in [0.25, 0.3) is 0 Å². The molecule has 0 spiro atoms. The van der Waals surface area contributed by atoms with Gasteiger partial charge in [-0.3, -0.25) is 4.79 Å². The van der Waals surface area contributed by atoms with Crippen molar-refractivity contribution < 1.29 is 89.4 Å². The van der Waals surface area contributed by atoms with Crippen molar-refractivity contribution in [3.8, 4) is 0 Å². The van der Waals surface area contributed by atoms with Gasteiger partial charge in [0.2, 0.25) is 5.91 Å². The highest BCUT2D eigenvalue weighted by Gasteiger charge is 2.54. The molecule has 1 amide bonds. The summed E-state index contributed by atoms with van der Waals surface area (Å²) in [4.78, 5) is 13.5. The van der Waals surface area contributed by atoms with E-state index in [9.17, 15) is 61.0 Å². The summed E-state index contributed by atoms with van der Waals surface area (Å²) in [7, 11) is 0. The van der Waals surface area contributed by atoms with Crippen LogP contribution >= 0.6 is 0 Å². The Balaban J connectivity index is 1.39. The van der Waals surface area contributed by atoms with Gasteiger partial charge in [0.05, 0.1) is 38.6 Å². The lowest BCUT2D eigenvalue weighted by molar-refractivity contribution is -0.379. The molecule has 3 heterocycles. The van der Waals surface area contributed by atoms with Gasteiger partial charge in [-0.2, -0.15) is 0 Å². The molecular weight excluding hydrogens is 1240 g/mol. The lowest BCUT2D eigenvalue weighted by Crippen LogP contribution is -2.66. The van der Waals surface area contributed by atoms with E-state index < -0.39 is 124 Å². The van der Waals surface area contributed by atoms with Gasteiger partial charge in [0.1, 0.15) is 73.2 Å². The molecule has 0 bridgehead atoms. The van der Waals surface area contributed by atoms with Crippen LogP contribution in [0.3, 0.4) is 0 Å². The van der Waals surface area contributed by atoms with Crippen molar-refractivity contribution in [1.29, 1.82) is 0 Å². The normalized spacial score (nSPS) is 27.0. The molecule has 0 saturated carbocycles. The Hall–Kier alpha value is -1.73. The van der Waals surface area contributed by atoms with Crippen LogP contribution in [0.5, 0.6) is 0 Å². The second-order valence-electron chi connectivity index (χ2n) is 28.9. The van der Waals surface area contributed by atoms with Gasteiger partial charge in [-0.25, -0.2) is 0 Å². The van der Waals surface area contributed by atoms with Gasteiger partial charge in [-0.1, -0.05) is 321 Å². The quantitative estimate of drug-likeness (QED) is 0.0199. The van der Waals surface area contributed by atoms with E-state index in [1.54, 1.807) is 6.08 Å². The van der Waals surface area contributed by atoms with Crippen LogP contribution in [0, 0.1) is 0 Å². The van der Waals surface area contributed by atoms with Crippen LogP contribution in [0.2, 0.25) is 0 Å². The minimum absolute atomic E-state index is 0.241. The summed E-state index contributed by atoms with van der Waals surface area (Å²) < 4.78 is 34.4. The second-order valence-corrected chi connectivity index (χ2v) is 28.9. The van der Waals surface area contributed by atoms with Gasteiger partial charge in [0, 0.05) is 6.42 Å². The Morgan fingerprint density at radius 1 is 0.361 bits per heavy atom. The smallest absolute Gasteiger partial charge is 0.220 e. The molecular formula is C78H147NO18. The van der Waals surface area contributed by atoms with E-state index in [1.807, 2.05) is 6.08 Å². The Kier molecular flexibility index (Phi) is 55.0. The van der Waals surface area contributed by atoms with E-state index in [-0.39, 0.29) is 18.9 Å². The number of rotatable bonds is 64. The molecule has 3 fully saturated rings. The molecule has 19 nitrogen and oxygen atoms in total. The molecule has 19 heteroatoms. The molecule has 0 aromatic heterocycles. The van der Waals surface area contributed by atoms with Crippen LogP contribution in [-0.4, -0.2) is 193 Å². The maximum atomic E-state index is 13.5. The van der Waals surface area contributed by atoms with Crippen molar-refractivity contribution >= 4 is 5.91 Å². The number of unbranched alkanes of at least 4 members (excludes halogenated alkanes) is 46. The molecule has 0 aromatic rings. The monoisotopic (exact) mass is 1390 g/mol. The van der Waals surface area contributed by atoms with Crippen molar-refractivity contribution in [3.05, 3.63) is 24.3 Å². The maximum absolute atomic E-state index is 13.5. The summed E-state index contributed by atoms with van der Waals surface area (Å²) in [5.74, 6) is -0.277. The molecule has 17 atom stereocenters. The van der Waals surface area contributed by atoms with Gasteiger partial charge in [-0.15, -0.1) is 0 Å². The largest absolute Gasteiger partial charge is 0.394 e. The Morgan fingerprint density at radius 2 is 0.660 bits per heavy atom. The first-order chi connectivity index (χ1) is 47.3. The summed E-state index contributed by atoms with van der Waals surface area (Å²) in [6.45, 7) is 1.78. The van der Waals surface area contributed by atoms with Crippen LogP contribution in [0.4, 0.5) is 0 Å². The summed E-state index contributed by atoms with van der Waals surface area (Å²) in [5.41, 5.74) is 0. The fourth-order valence-corrected chi connectivity index (χ4v) is 13.8. The summed E-state index contributed by atoms with van der Waals surface area (Å²) >= 11 is 0. The summed E-state index contributed by atoms with van der Waals surface area (Å²) in [6.07, 6.45) is 44.6. The first-order valence-electron chi connectivity index (χ1n) is 40.1. The van der Waals surface area contributed by atoms with Gasteiger partial charge in [0.15, 0.2) is 18.9 Å². The molecule has 3 saturated heterocycles. The molecule has 3 aliphatic heterocycles. The first kappa shape index (κ1) is 89.5. The van der Waals surface area contributed by atoms with Gasteiger partial charge in [-0.05, 0) is 32.1 Å². The first-order valence-corrected chi connectivity index (χ1v) is 40.1. The van der Waals surface area contributed by atoms with Crippen molar-refractivity contribution in [2.45, 2.75) is 439 Å². The number of ether oxygens (including phenoxy) is 6. The number of amides is 1. The fourth-order valence-electron chi connectivity index (χ4n) is 13.8. The Bertz CT molecular complexity index is 1850. The second kappa shape index (κ2) is 59.6. The summed E-state index contributed by atoms with van der Waals surface area (Å²) in [5, 5.41) is 121. The highest BCUT2D eigenvalue weighted by molar-refractivity contribution is 5.76. The number of carbonyl (C=O) groups is 1. The fraction of sp³-hybridized carbons (Fsp3) is 0.936. The van der Waals surface area contributed by atoms with Gasteiger partial charge < -0.3 is 89.9 Å². The lowest BCUT2D eigenvalue weighted by atomic mass is 9.96. The number of nitrogens with one attached hydrogen (secondary N) is 1. The third-order valence-corrected chi connectivity index (χ3v) is 20.3. The Morgan fingerprint density at radius 3 is 1.03 bits per heavy atom. The lowest BCUT2D eigenvalue weighted by Gasteiger charge is -2.48. The number of hydrogen-bond donors (Lipinski definition) is 12. The predicted molar refractivity (Wildman–Crippen MR) is 383 cm³/mol. The van der Waals surface area contributed by atoms with Crippen LogP contribution in [0.25, 0.3) is 0 Å². The van der Waals surface area contributed by atoms with Crippen LogP contribution in [0.1, 0.15) is 335 Å². The minimum atomic E-state index is -1.98. The third kappa shape index (κ3) is 40.2. The van der Waals surface area contributed by atoms with E-state index in [4.69, 9.17) is 28.4 Å². The van der Waals surface area contributed by atoms with E-state index >= 15 is 0 Å². The number of aliphatic hydroxyl groups excluding tert-OH is 11. The van der Waals surface area contributed by atoms with E-state index in [0.717, 1.165) is 38.5 Å². The van der Waals surface area contributed by atoms with Crippen molar-refractivity contribution in [1.82, 2.24) is 5.32 Å². The standard InChI is InChI=1S/C78H147NO18/c1-3-5-7-9-11-13-15-17-19-21-23-25-27-29-30-32-33-35-37-39-41-43-45-47-49-51-53-55-62(83)61(79-66(84)56-54-52-50-48-46-44-42-40-38-36-34-31-28-26-24-22-20-18-16-14-12-10-8-6-4-2)60-92-76-72(90)69(87)74(64(58-81)94-76)97-78-73(91)70(88)75(65(59-82)95-78)96-77-71(89)68(86)67(85)63(57-80)93-77/h45,47,53,55,61-65,67-78,80-83,85-91H,3-44,46,48-52,54,56-60H2,1-2H3,(H,79,84)/b47-45+,55-53+. The van der Waals surface area contributed by atoms with E-state index in [1.165, 1.54) is 263 Å². The number of carbonyl (C=O) groups excluding carboxylic acids is 1. The third-order valence-electron chi connectivity index (χ3n) is 20.3. The minimum Gasteiger partial charge on any atom is -0.394 e. The van der Waals surface area contributed by atoms with E-state index in [0.29, 0.717) is 12.8 Å². The van der Waals surface area contributed by atoms with Gasteiger partial charge >= 0.3 is 0 Å². The molecule has 17 unspecified atom stereocenters. The molecule has 0 radical (unpaired) electrons. The van der Waals surface area contributed by atoms with Crippen molar-refractivity contribution in [3.63, 3.8) is 0 Å². The topological polar surface area (TPSA) is 307 Å². The maximum Gasteiger partial charge on any atom is 0.220 e. The zero-order chi connectivity index (χ0) is 70.4.